The van der Waals surface area contributed by atoms with Crippen LogP contribution in [0.25, 0.3) is 0 Å². The van der Waals surface area contributed by atoms with Gasteiger partial charge in [0.1, 0.15) is 16.5 Å². The number of halogens is 1. The number of benzene rings is 1. The summed E-state index contributed by atoms with van der Waals surface area (Å²) < 4.78 is 56.6. The molecule has 0 aliphatic heterocycles. The molecule has 0 spiro atoms. The fraction of sp³-hybridized carbons (Fsp3) is 0.118. The maximum Gasteiger partial charge on any atom is 0.267 e. The highest BCUT2D eigenvalue weighted by Crippen LogP contribution is 2.31. The van der Waals surface area contributed by atoms with E-state index in [1.165, 1.54) is 30.7 Å². The van der Waals surface area contributed by atoms with Crippen molar-refractivity contribution in [2.75, 3.05) is 10.6 Å². The lowest BCUT2D eigenvalue weighted by Crippen LogP contribution is -2.31. The van der Waals surface area contributed by atoms with Crippen molar-refractivity contribution < 1.29 is 21.3 Å². The highest BCUT2D eigenvalue weighted by Gasteiger charge is 2.30. The molecule has 0 unspecified atom stereocenters. The third-order valence-electron chi connectivity index (χ3n) is 3.68. The number of nitrogens with zero attached hydrogens (tertiary/aromatic N) is 2. The van der Waals surface area contributed by atoms with Crippen LogP contribution in [-0.2, 0) is 26.4 Å². The Hall–Kier alpha value is -2.36. The molecule has 0 aliphatic carbocycles. The van der Waals surface area contributed by atoms with Crippen LogP contribution < -0.4 is 4.31 Å². The van der Waals surface area contributed by atoms with Gasteiger partial charge in [0, 0.05) is 12.5 Å². The van der Waals surface area contributed by atoms with Crippen molar-refractivity contribution >= 4 is 37.3 Å². The zero-order chi connectivity index (χ0) is 19.7. The van der Waals surface area contributed by atoms with Gasteiger partial charge in [0.2, 0.25) is 0 Å². The predicted molar refractivity (Wildman–Crippen MR) is 101 cm³/mol. The molecule has 0 N–H and O–H groups in total. The lowest BCUT2D eigenvalue weighted by molar-refractivity contribution is 0.508. The van der Waals surface area contributed by atoms with Gasteiger partial charge in [0.05, 0.1) is 22.7 Å². The Morgan fingerprint density at radius 3 is 2.44 bits per heavy atom. The molecule has 10 heteroatoms. The molecule has 2 heterocycles. The fourth-order valence-electron chi connectivity index (χ4n) is 2.37. The highest BCUT2D eigenvalue weighted by molar-refractivity contribution is 7.93. The van der Waals surface area contributed by atoms with Gasteiger partial charge in [0.25, 0.3) is 10.0 Å². The number of sulfonamides is 1. The second-order valence-electron chi connectivity index (χ2n) is 5.64. The third kappa shape index (κ3) is 4.15. The van der Waals surface area contributed by atoms with Crippen molar-refractivity contribution in [3.63, 3.8) is 0 Å². The van der Waals surface area contributed by atoms with E-state index in [9.17, 15) is 16.8 Å². The van der Waals surface area contributed by atoms with E-state index in [-0.39, 0.29) is 27.2 Å². The predicted octanol–water partition coefficient (Wildman–Crippen LogP) is 3.13. The second-order valence-corrected chi connectivity index (χ2v) is 9.90. The van der Waals surface area contributed by atoms with Crippen LogP contribution >= 0.6 is 11.6 Å². The summed E-state index contributed by atoms with van der Waals surface area (Å²) in [5.41, 5.74) is 0. The van der Waals surface area contributed by atoms with Crippen molar-refractivity contribution in [1.29, 1.82) is 0 Å². The molecule has 0 saturated carbocycles. The van der Waals surface area contributed by atoms with Crippen LogP contribution in [0, 0.1) is 0 Å². The summed E-state index contributed by atoms with van der Waals surface area (Å²) in [6, 6.07) is 11.6. The minimum Gasteiger partial charge on any atom is -0.467 e. The zero-order valence-electron chi connectivity index (χ0n) is 14.1. The molecule has 0 saturated heterocycles. The lowest BCUT2D eigenvalue weighted by Gasteiger charge is -2.23. The number of furan rings is 1. The molecular weight excluding hydrogens is 412 g/mol. The quantitative estimate of drug-likeness (QED) is 0.600. The van der Waals surface area contributed by atoms with Gasteiger partial charge in [-0.1, -0.05) is 17.7 Å². The van der Waals surface area contributed by atoms with Crippen LogP contribution in [0.2, 0.25) is 5.02 Å². The number of pyridine rings is 1. The minimum absolute atomic E-state index is 0.0947. The summed E-state index contributed by atoms with van der Waals surface area (Å²) in [5, 5.41) is -0.0947. The molecule has 27 heavy (non-hydrogen) atoms. The Morgan fingerprint density at radius 2 is 1.85 bits per heavy atom. The van der Waals surface area contributed by atoms with Gasteiger partial charge in [0.15, 0.2) is 9.84 Å². The molecule has 0 atom stereocenters. The van der Waals surface area contributed by atoms with Crippen molar-refractivity contribution in [1.82, 2.24) is 4.98 Å². The first-order chi connectivity index (χ1) is 12.7. The highest BCUT2D eigenvalue weighted by atomic mass is 35.5. The van der Waals surface area contributed by atoms with Gasteiger partial charge < -0.3 is 4.42 Å². The molecule has 0 bridgehead atoms. The molecule has 0 amide bonds. The number of hydrogen-bond donors (Lipinski definition) is 0. The molecule has 2 aromatic heterocycles. The molecule has 0 fully saturated rings. The van der Waals surface area contributed by atoms with E-state index >= 15 is 0 Å². The van der Waals surface area contributed by atoms with E-state index in [0.717, 1.165) is 16.6 Å². The Kier molecular flexibility index (Phi) is 5.27. The van der Waals surface area contributed by atoms with E-state index in [1.54, 1.807) is 24.3 Å². The summed E-state index contributed by atoms with van der Waals surface area (Å²) in [5.74, 6) is 0.536. The summed E-state index contributed by atoms with van der Waals surface area (Å²) in [6.45, 7) is -0.133. The largest absolute Gasteiger partial charge is 0.467 e. The topological polar surface area (TPSA) is 97.5 Å². The summed E-state index contributed by atoms with van der Waals surface area (Å²) in [7, 11) is -7.85. The van der Waals surface area contributed by atoms with Crippen LogP contribution in [0.1, 0.15) is 5.76 Å². The fourth-order valence-corrected chi connectivity index (χ4v) is 4.98. The Balaban J connectivity index is 2.16. The molecule has 7 nitrogen and oxygen atoms in total. The number of aromatic nitrogens is 1. The van der Waals surface area contributed by atoms with Gasteiger partial charge in [-0.25, -0.2) is 26.1 Å². The molecule has 1 aromatic carbocycles. The van der Waals surface area contributed by atoms with Crippen molar-refractivity contribution in [2.24, 2.45) is 0 Å². The normalized spacial score (nSPS) is 12.1. The first-order valence-electron chi connectivity index (χ1n) is 7.65. The van der Waals surface area contributed by atoms with E-state index < -0.39 is 19.9 Å². The zero-order valence-corrected chi connectivity index (χ0v) is 16.5. The molecule has 3 rings (SSSR count). The summed E-state index contributed by atoms with van der Waals surface area (Å²) in [4.78, 5) is 3.62. The van der Waals surface area contributed by atoms with E-state index in [4.69, 9.17) is 16.0 Å². The number of anilines is 1. The van der Waals surface area contributed by atoms with Gasteiger partial charge in [-0.05, 0) is 42.5 Å². The van der Waals surface area contributed by atoms with Crippen LogP contribution in [0.3, 0.4) is 0 Å². The standard InChI is InChI=1S/C17H15ClN2O5S2/c1-26(21,22)14-7-8-15(18)16(11-14)27(23,24)20(12-13-5-4-10-25-13)17-6-2-3-9-19-17/h2-11H,12H2,1H3. The van der Waals surface area contributed by atoms with Gasteiger partial charge in [-0.3, -0.25) is 0 Å². The molecular formula is C17H15ClN2O5S2. The summed E-state index contributed by atoms with van der Waals surface area (Å²) in [6.07, 6.45) is 3.87. The average Bonchev–Trinajstić information content (AvgIpc) is 3.13. The van der Waals surface area contributed by atoms with Gasteiger partial charge >= 0.3 is 0 Å². The first kappa shape index (κ1) is 19.4. The molecule has 0 aliphatic rings. The van der Waals surface area contributed by atoms with Crippen LogP contribution in [0.4, 0.5) is 5.82 Å². The van der Waals surface area contributed by atoms with Crippen molar-refractivity contribution in [3.05, 3.63) is 71.8 Å². The first-order valence-corrected chi connectivity index (χ1v) is 11.4. The minimum atomic E-state index is -4.23. The maximum absolute atomic E-state index is 13.3. The van der Waals surface area contributed by atoms with E-state index in [2.05, 4.69) is 4.98 Å². The average molecular weight is 427 g/mol. The van der Waals surface area contributed by atoms with E-state index in [1.807, 2.05) is 0 Å². The Morgan fingerprint density at radius 1 is 1.07 bits per heavy atom. The summed E-state index contributed by atoms with van der Waals surface area (Å²) >= 11 is 6.10. The van der Waals surface area contributed by atoms with Gasteiger partial charge in [-0.2, -0.15) is 0 Å². The second kappa shape index (κ2) is 7.34. The van der Waals surface area contributed by atoms with Crippen LogP contribution in [0.15, 0.2) is 75.2 Å². The van der Waals surface area contributed by atoms with Crippen molar-refractivity contribution in [2.45, 2.75) is 16.3 Å². The maximum atomic E-state index is 13.3. The van der Waals surface area contributed by atoms with Crippen LogP contribution in [0.5, 0.6) is 0 Å². The molecule has 0 radical (unpaired) electrons. The third-order valence-corrected chi connectivity index (χ3v) is 7.03. The lowest BCUT2D eigenvalue weighted by atomic mass is 10.4. The molecule has 142 valence electrons. The Bertz CT molecular complexity index is 1150. The Labute approximate surface area is 162 Å². The smallest absolute Gasteiger partial charge is 0.267 e. The van der Waals surface area contributed by atoms with Gasteiger partial charge in [-0.15, -0.1) is 0 Å². The molecule has 3 aromatic rings. The number of sulfone groups is 1. The van der Waals surface area contributed by atoms with Crippen molar-refractivity contribution in [3.8, 4) is 0 Å². The van der Waals surface area contributed by atoms with Crippen LogP contribution in [-0.4, -0.2) is 28.1 Å². The number of rotatable bonds is 6. The SMILES string of the molecule is CS(=O)(=O)c1ccc(Cl)c(S(=O)(=O)N(Cc2ccco2)c2ccccn2)c1. The number of hydrogen-bond acceptors (Lipinski definition) is 6. The monoisotopic (exact) mass is 426 g/mol. The van der Waals surface area contributed by atoms with E-state index in [0.29, 0.717) is 5.76 Å².